The molecule has 0 aromatic rings. The molecule has 3 nitrogen and oxygen atoms in total. The second kappa shape index (κ2) is 4.17. The average molecular weight is 128 g/mol. The third kappa shape index (κ3) is 7.26. The fraction of sp³-hybridized carbons (Fsp3) is 0.200. The predicted molar refractivity (Wildman–Crippen MR) is 35.2 cm³/mol. The van der Waals surface area contributed by atoms with E-state index < -0.39 is 7.32 Å². The smallest absolute Gasteiger partial charge is 0.518 e. The molecule has 0 atom stereocenters. The fourth-order valence-electron chi connectivity index (χ4n) is 0.226. The lowest BCUT2D eigenvalue weighted by atomic mass is 10.3. The maximum absolute atomic E-state index is 8.12. The average Bonchev–Trinajstić information content (AvgIpc) is 1.63. The van der Waals surface area contributed by atoms with Crippen LogP contribution >= 0.6 is 0 Å². The molecule has 50 valence electrons. The van der Waals surface area contributed by atoms with Gasteiger partial charge in [-0.15, -0.1) is 0 Å². The van der Waals surface area contributed by atoms with Crippen molar-refractivity contribution in [2.75, 3.05) is 0 Å². The molecule has 0 unspecified atom stereocenters. The first kappa shape index (κ1) is 8.26. The van der Waals surface area contributed by atoms with Gasteiger partial charge in [0.15, 0.2) is 0 Å². The Morgan fingerprint density at radius 1 is 1.67 bits per heavy atom. The van der Waals surface area contributed by atoms with Crippen LogP contribution in [0.25, 0.3) is 0 Å². The van der Waals surface area contributed by atoms with Gasteiger partial charge in [-0.3, -0.25) is 0 Å². The summed E-state index contributed by atoms with van der Waals surface area (Å²) in [6.45, 7) is 5.29. The van der Waals surface area contributed by atoms with Crippen molar-refractivity contribution in [2.45, 2.75) is 6.92 Å². The SMILES string of the molecule is C=C(C)C=COB(O)O. The van der Waals surface area contributed by atoms with Gasteiger partial charge in [0.1, 0.15) is 0 Å². The molecule has 0 aliphatic rings. The van der Waals surface area contributed by atoms with Gasteiger partial charge in [-0.25, -0.2) is 0 Å². The molecule has 0 amide bonds. The highest BCUT2D eigenvalue weighted by Crippen LogP contribution is 1.88. The Bertz CT molecular complexity index is 119. The topological polar surface area (TPSA) is 49.7 Å². The van der Waals surface area contributed by atoms with Gasteiger partial charge in [-0.05, 0) is 13.0 Å². The second-order valence-corrected chi connectivity index (χ2v) is 1.61. The fourth-order valence-corrected chi connectivity index (χ4v) is 0.226. The summed E-state index contributed by atoms with van der Waals surface area (Å²) in [7, 11) is -1.74. The van der Waals surface area contributed by atoms with E-state index in [2.05, 4.69) is 11.2 Å². The summed E-state index contributed by atoms with van der Waals surface area (Å²) in [6.07, 6.45) is 2.70. The van der Waals surface area contributed by atoms with E-state index in [0.29, 0.717) is 0 Å². The normalized spacial score (nSPS) is 9.67. The van der Waals surface area contributed by atoms with Crippen LogP contribution < -0.4 is 0 Å². The zero-order valence-corrected chi connectivity index (χ0v) is 5.24. The van der Waals surface area contributed by atoms with E-state index in [0.717, 1.165) is 5.57 Å². The number of hydrogen-bond acceptors (Lipinski definition) is 3. The number of allylic oxidation sites excluding steroid dienone is 2. The van der Waals surface area contributed by atoms with Crippen LogP contribution in [0, 0.1) is 0 Å². The Balaban J connectivity index is 3.36. The van der Waals surface area contributed by atoms with Crippen LogP contribution in [0.5, 0.6) is 0 Å². The molecule has 0 radical (unpaired) electrons. The van der Waals surface area contributed by atoms with Gasteiger partial charge < -0.3 is 14.7 Å². The number of hydrogen-bond donors (Lipinski definition) is 2. The Morgan fingerprint density at radius 2 is 2.22 bits per heavy atom. The molecule has 0 aromatic carbocycles. The summed E-state index contributed by atoms with van der Waals surface area (Å²) in [6, 6.07) is 0. The van der Waals surface area contributed by atoms with Crippen LogP contribution in [-0.2, 0) is 4.65 Å². The molecule has 2 N–H and O–H groups in total. The lowest BCUT2D eigenvalue weighted by Gasteiger charge is -1.93. The van der Waals surface area contributed by atoms with Crippen molar-refractivity contribution in [1.82, 2.24) is 0 Å². The molecule has 0 aliphatic carbocycles. The van der Waals surface area contributed by atoms with Gasteiger partial charge in [0.05, 0.1) is 6.26 Å². The summed E-state index contributed by atoms with van der Waals surface area (Å²) in [4.78, 5) is 0. The van der Waals surface area contributed by atoms with Crippen molar-refractivity contribution < 1.29 is 14.7 Å². The van der Waals surface area contributed by atoms with Gasteiger partial charge in [0.2, 0.25) is 0 Å². The van der Waals surface area contributed by atoms with Crippen LogP contribution in [0.4, 0.5) is 0 Å². The van der Waals surface area contributed by atoms with Crippen molar-refractivity contribution in [3.8, 4) is 0 Å². The summed E-state index contributed by atoms with van der Waals surface area (Å²) in [5.41, 5.74) is 0.788. The van der Waals surface area contributed by atoms with Gasteiger partial charge in [-0.1, -0.05) is 12.2 Å². The van der Waals surface area contributed by atoms with Crippen LogP contribution in [0.3, 0.4) is 0 Å². The first-order valence-corrected chi connectivity index (χ1v) is 2.46. The molecule has 4 heteroatoms. The van der Waals surface area contributed by atoms with Crippen molar-refractivity contribution >= 4 is 7.32 Å². The first-order chi connectivity index (χ1) is 4.13. The second-order valence-electron chi connectivity index (χ2n) is 1.61. The third-order valence-electron chi connectivity index (χ3n) is 0.553. The minimum atomic E-state index is -1.74. The highest BCUT2D eigenvalue weighted by Gasteiger charge is 2.05. The van der Waals surface area contributed by atoms with Crippen molar-refractivity contribution in [3.05, 3.63) is 24.5 Å². The van der Waals surface area contributed by atoms with E-state index in [4.69, 9.17) is 10.0 Å². The van der Waals surface area contributed by atoms with Crippen LogP contribution in [0.1, 0.15) is 6.92 Å². The van der Waals surface area contributed by atoms with Crippen LogP contribution in [0.15, 0.2) is 24.5 Å². The van der Waals surface area contributed by atoms with Gasteiger partial charge in [-0.2, -0.15) is 0 Å². The lowest BCUT2D eigenvalue weighted by Crippen LogP contribution is -2.12. The summed E-state index contributed by atoms with van der Waals surface area (Å²) in [5.74, 6) is 0. The maximum Gasteiger partial charge on any atom is 0.707 e. The molecule has 0 spiro atoms. The molecular formula is C5H9BO3. The van der Waals surface area contributed by atoms with E-state index in [1.54, 1.807) is 6.92 Å². The highest BCUT2D eigenvalue weighted by molar-refractivity contribution is 6.32. The van der Waals surface area contributed by atoms with E-state index in [9.17, 15) is 0 Å². The first-order valence-electron chi connectivity index (χ1n) is 2.46. The maximum atomic E-state index is 8.12. The monoisotopic (exact) mass is 128 g/mol. The Labute approximate surface area is 54.4 Å². The van der Waals surface area contributed by atoms with Gasteiger partial charge in [0.25, 0.3) is 0 Å². The van der Waals surface area contributed by atoms with Crippen LogP contribution in [0.2, 0.25) is 0 Å². The zero-order valence-electron chi connectivity index (χ0n) is 5.24. The van der Waals surface area contributed by atoms with Crippen LogP contribution in [-0.4, -0.2) is 17.4 Å². The molecule has 0 bridgehead atoms. The molecule has 0 saturated heterocycles. The van der Waals surface area contributed by atoms with E-state index in [1.807, 2.05) is 0 Å². The quantitative estimate of drug-likeness (QED) is 0.321. The Kier molecular flexibility index (Phi) is 3.83. The molecule has 0 saturated carbocycles. The summed E-state index contributed by atoms with van der Waals surface area (Å²) >= 11 is 0. The van der Waals surface area contributed by atoms with Crippen molar-refractivity contribution in [3.63, 3.8) is 0 Å². The molecule has 0 aromatic heterocycles. The summed E-state index contributed by atoms with van der Waals surface area (Å²) < 4.78 is 4.22. The molecule has 0 aliphatic heterocycles. The number of rotatable bonds is 3. The molecular weight excluding hydrogens is 119 g/mol. The third-order valence-corrected chi connectivity index (χ3v) is 0.553. The minimum absolute atomic E-state index is 0.788. The van der Waals surface area contributed by atoms with Crippen molar-refractivity contribution in [1.29, 1.82) is 0 Å². The molecule has 0 heterocycles. The Hall–Kier alpha value is -0.735. The minimum Gasteiger partial charge on any atom is -0.518 e. The van der Waals surface area contributed by atoms with E-state index in [1.165, 1.54) is 12.3 Å². The Morgan fingerprint density at radius 3 is 2.56 bits per heavy atom. The van der Waals surface area contributed by atoms with Crippen molar-refractivity contribution in [2.24, 2.45) is 0 Å². The largest absolute Gasteiger partial charge is 0.707 e. The zero-order chi connectivity index (χ0) is 7.28. The lowest BCUT2D eigenvalue weighted by molar-refractivity contribution is 0.257. The van der Waals surface area contributed by atoms with Gasteiger partial charge >= 0.3 is 7.32 Å². The molecule has 0 fully saturated rings. The molecule has 9 heavy (non-hydrogen) atoms. The predicted octanol–water partition coefficient (Wildman–Crippen LogP) is 0.0623. The highest BCUT2D eigenvalue weighted by atomic mass is 16.6. The van der Waals surface area contributed by atoms with Gasteiger partial charge in [0, 0.05) is 0 Å². The van der Waals surface area contributed by atoms with E-state index >= 15 is 0 Å². The standard InChI is InChI=1S/C5H9BO3/c1-5(2)3-4-9-6(7)8/h3-4,7-8H,1H2,2H3. The summed E-state index contributed by atoms with van der Waals surface area (Å²) in [5, 5.41) is 16.2. The van der Waals surface area contributed by atoms with E-state index in [-0.39, 0.29) is 0 Å². The molecule has 0 rings (SSSR count).